The smallest absolute Gasteiger partial charge is 0.250 e. The Bertz CT molecular complexity index is 1090. The minimum atomic E-state index is -0.237. The quantitative estimate of drug-likeness (QED) is 0.281. The van der Waals surface area contributed by atoms with Gasteiger partial charge in [0, 0.05) is 17.3 Å². The second-order valence-electron chi connectivity index (χ2n) is 5.95. The predicted octanol–water partition coefficient (Wildman–Crippen LogP) is 2.90. The van der Waals surface area contributed by atoms with E-state index in [4.69, 9.17) is 5.10 Å². The third-order valence-electron chi connectivity index (χ3n) is 3.94. The Morgan fingerprint density at radius 1 is 1.14 bits per heavy atom. The third kappa shape index (κ3) is 4.77. The van der Waals surface area contributed by atoms with Crippen LogP contribution in [0.15, 0.2) is 83.4 Å². The van der Waals surface area contributed by atoms with Crippen LogP contribution in [0, 0.1) is 0 Å². The summed E-state index contributed by atoms with van der Waals surface area (Å²) in [5.41, 5.74) is 6.02. The van der Waals surface area contributed by atoms with Crippen LogP contribution in [0.25, 0.3) is 16.9 Å². The van der Waals surface area contributed by atoms with Gasteiger partial charge in [-0.2, -0.15) is 15.3 Å². The van der Waals surface area contributed by atoms with Crippen molar-refractivity contribution in [1.82, 2.24) is 30.4 Å². The predicted molar refractivity (Wildman–Crippen MR) is 112 cm³/mol. The first kappa shape index (κ1) is 18.6. The highest BCUT2D eigenvalue weighted by Gasteiger charge is 2.11. The summed E-state index contributed by atoms with van der Waals surface area (Å²) in [6.45, 7) is 0. The number of hydrogen-bond acceptors (Lipinski definition) is 6. The molecule has 0 saturated carbocycles. The molecular weight excluding hydrogens is 386 g/mol. The Labute approximate surface area is 171 Å². The molecule has 0 spiro atoms. The molecule has 0 atom stereocenters. The molecule has 2 heterocycles. The summed E-state index contributed by atoms with van der Waals surface area (Å²) in [7, 11) is 0. The zero-order valence-corrected chi connectivity index (χ0v) is 16.1. The zero-order valence-electron chi connectivity index (χ0n) is 15.3. The molecule has 144 valence electrons. The van der Waals surface area contributed by atoms with Gasteiger partial charge in [-0.3, -0.25) is 9.89 Å². The van der Waals surface area contributed by atoms with Gasteiger partial charge < -0.3 is 0 Å². The average molecular weight is 403 g/mol. The summed E-state index contributed by atoms with van der Waals surface area (Å²) in [6.07, 6.45) is 4.89. The van der Waals surface area contributed by atoms with Crippen molar-refractivity contribution in [1.29, 1.82) is 0 Å². The van der Waals surface area contributed by atoms with E-state index in [0.29, 0.717) is 5.16 Å². The molecule has 0 saturated heterocycles. The van der Waals surface area contributed by atoms with Crippen LogP contribution in [-0.4, -0.2) is 42.8 Å². The van der Waals surface area contributed by atoms with Crippen molar-refractivity contribution in [3.05, 3.63) is 78.8 Å². The Morgan fingerprint density at radius 3 is 2.62 bits per heavy atom. The Kier molecular flexibility index (Phi) is 5.77. The molecule has 0 aliphatic carbocycles. The molecule has 0 unspecified atom stereocenters. The molecule has 9 heteroatoms. The number of amides is 1. The van der Waals surface area contributed by atoms with Gasteiger partial charge in [-0.15, -0.1) is 0 Å². The van der Waals surface area contributed by atoms with Gasteiger partial charge in [0.25, 0.3) is 5.91 Å². The standard InChI is InChI=1S/C20H17N7OS/c28-18(13-29-20-21-14-23-25-20)24-22-11-16-12-27(17-9-5-2-6-10-17)26-19(16)15-7-3-1-4-8-15/h1-12,14H,13H2,(H,24,28)(H,21,23,25)/b22-11-. The first-order valence-electron chi connectivity index (χ1n) is 8.80. The maximum Gasteiger partial charge on any atom is 0.250 e. The van der Waals surface area contributed by atoms with Crippen molar-refractivity contribution < 1.29 is 4.79 Å². The molecule has 0 aliphatic rings. The first-order chi connectivity index (χ1) is 14.3. The number of para-hydroxylation sites is 1. The highest BCUT2D eigenvalue weighted by Crippen LogP contribution is 2.22. The Balaban J connectivity index is 1.51. The van der Waals surface area contributed by atoms with Crippen molar-refractivity contribution >= 4 is 23.9 Å². The number of H-pyrrole nitrogens is 1. The lowest BCUT2D eigenvalue weighted by Gasteiger charge is -2.00. The van der Waals surface area contributed by atoms with E-state index in [0.717, 1.165) is 22.5 Å². The molecule has 1 amide bonds. The minimum Gasteiger partial charge on any atom is -0.272 e. The fourth-order valence-electron chi connectivity index (χ4n) is 2.62. The number of rotatable bonds is 7. The van der Waals surface area contributed by atoms with Crippen LogP contribution in [-0.2, 0) is 4.79 Å². The second kappa shape index (κ2) is 8.98. The molecule has 0 bridgehead atoms. The van der Waals surface area contributed by atoms with E-state index in [1.807, 2.05) is 66.9 Å². The maximum absolute atomic E-state index is 12.0. The summed E-state index contributed by atoms with van der Waals surface area (Å²) in [5.74, 6) is -0.0548. The largest absolute Gasteiger partial charge is 0.272 e. The van der Waals surface area contributed by atoms with E-state index < -0.39 is 0 Å². The van der Waals surface area contributed by atoms with Gasteiger partial charge in [0.05, 0.1) is 17.7 Å². The molecule has 8 nitrogen and oxygen atoms in total. The van der Waals surface area contributed by atoms with Gasteiger partial charge in [-0.05, 0) is 12.1 Å². The number of carbonyl (C=O) groups is 1. The van der Waals surface area contributed by atoms with E-state index in [2.05, 4.69) is 25.7 Å². The molecule has 29 heavy (non-hydrogen) atoms. The van der Waals surface area contributed by atoms with E-state index in [1.54, 1.807) is 10.9 Å². The summed E-state index contributed by atoms with van der Waals surface area (Å²) >= 11 is 1.25. The topological polar surface area (TPSA) is 101 Å². The van der Waals surface area contributed by atoms with Crippen LogP contribution in [0.4, 0.5) is 0 Å². The molecule has 4 aromatic rings. The van der Waals surface area contributed by atoms with Crippen LogP contribution in [0.3, 0.4) is 0 Å². The van der Waals surface area contributed by atoms with Crippen molar-refractivity contribution in [3.63, 3.8) is 0 Å². The average Bonchev–Trinajstić information content (AvgIpc) is 3.44. The highest BCUT2D eigenvalue weighted by atomic mass is 32.2. The molecule has 2 aromatic carbocycles. The SMILES string of the molecule is O=C(CSc1ncn[nH]1)N/N=C\c1cn(-c2ccccc2)nc1-c1ccccc1. The molecule has 2 N–H and O–H groups in total. The normalized spacial score (nSPS) is 11.0. The van der Waals surface area contributed by atoms with Gasteiger partial charge in [0.2, 0.25) is 0 Å². The van der Waals surface area contributed by atoms with Crippen LogP contribution in [0.1, 0.15) is 5.56 Å². The fraction of sp³-hybridized carbons (Fsp3) is 0.0500. The molecule has 2 aromatic heterocycles. The van der Waals surface area contributed by atoms with Crippen molar-refractivity contribution in [2.75, 3.05) is 5.75 Å². The number of hydrazone groups is 1. The zero-order chi connectivity index (χ0) is 19.9. The number of hydrogen-bond donors (Lipinski definition) is 2. The van der Waals surface area contributed by atoms with Crippen molar-refractivity contribution in [2.45, 2.75) is 5.16 Å². The molecule has 0 fully saturated rings. The number of aromatic nitrogens is 5. The van der Waals surface area contributed by atoms with Gasteiger partial charge in [-0.25, -0.2) is 15.1 Å². The molecule has 4 rings (SSSR count). The Hall–Kier alpha value is -3.72. The monoisotopic (exact) mass is 403 g/mol. The lowest BCUT2D eigenvalue weighted by molar-refractivity contribution is -0.118. The lowest BCUT2D eigenvalue weighted by Crippen LogP contribution is -2.19. The fourth-order valence-corrected chi connectivity index (χ4v) is 3.19. The third-order valence-corrected chi connectivity index (χ3v) is 4.81. The number of carbonyl (C=O) groups excluding carboxylic acids is 1. The highest BCUT2D eigenvalue weighted by molar-refractivity contribution is 7.99. The van der Waals surface area contributed by atoms with Crippen LogP contribution in [0.2, 0.25) is 0 Å². The summed E-state index contributed by atoms with van der Waals surface area (Å²) in [6, 6.07) is 19.7. The van der Waals surface area contributed by atoms with Crippen LogP contribution < -0.4 is 5.43 Å². The number of nitrogens with one attached hydrogen (secondary N) is 2. The van der Waals surface area contributed by atoms with E-state index in [-0.39, 0.29) is 11.7 Å². The van der Waals surface area contributed by atoms with Crippen LogP contribution >= 0.6 is 11.8 Å². The van der Waals surface area contributed by atoms with Crippen molar-refractivity contribution in [3.8, 4) is 16.9 Å². The second-order valence-corrected chi connectivity index (χ2v) is 6.92. The maximum atomic E-state index is 12.0. The Morgan fingerprint density at radius 2 is 1.90 bits per heavy atom. The summed E-state index contributed by atoms with van der Waals surface area (Å²) in [4.78, 5) is 15.9. The van der Waals surface area contributed by atoms with Crippen molar-refractivity contribution in [2.24, 2.45) is 5.10 Å². The van der Waals surface area contributed by atoms with Gasteiger partial charge >= 0.3 is 0 Å². The van der Waals surface area contributed by atoms with Gasteiger partial charge in [0.1, 0.15) is 12.0 Å². The first-order valence-corrected chi connectivity index (χ1v) is 9.79. The van der Waals surface area contributed by atoms with Crippen LogP contribution in [0.5, 0.6) is 0 Å². The summed E-state index contributed by atoms with van der Waals surface area (Å²) in [5, 5.41) is 15.8. The molecular formula is C20H17N7OS. The van der Waals surface area contributed by atoms with E-state index in [9.17, 15) is 4.79 Å². The van der Waals surface area contributed by atoms with E-state index in [1.165, 1.54) is 18.1 Å². The minimum absolute atomic E-state index is 0.182. The lowest BCUT2D eigenvalue weighted by atomic mass is 10.1. The number of benzene rings is 2. The number of nitrogens with zero attached hydrogens (tertiary/aromatic N) is 5. The molecule has 0 aliphatic heterocycles. The van der Waals surface area contributed by atoms with Gasteiger partial charge in [0.15, 0.2) is 5.16 Å². The number of thioether (sulfide) groups is 1. The van der Waals surface area contributed by atoms with E-state index >= 15 is 0 Å². The number of aromatic amines is 1. The summed E-state index contributed by atoms with van der Waals surface area (Å²) < 4.78 is 1.80. The molecule has 0 radical (unpaired) electrons. The van der Waals surface area contributed by atoms with Gasteiger partial charge in [-0.1, -0.05) is 60.3 Å².